The molecular formula is C12H5Cl2IN4. The van der Waals surface area contributed by atoms with Crippen LogP contribution >= 0.6 is 45.8 Å². The Hall–Kier alpha value is -1.05. The van der Waals surface area contributed by atoms with Crippen molar-refractivity contribution in [1.29, 1.82) is 0 Å². The van der Waals surface area contributed by atoms with Crippen LogP contribution in [0.25, 0.3) is 22.4 Å². The second kappa shape index (κ2) is 5.15. The number of halogens is 3. The van der Waals surface area contributed by atoms with Crippen LogP contribution in [0.2, 0.25) is 10.4 Å². The summed E-state index contributed by atoms with van der Waals surface area (Å²) in [6.07, 6.45) is 0. The van der Waals surface area contributed by atoms with Crippen LogP contribution in [0.1, 0.15) is 0 Å². The van der Waals surface area contributed by atoms with Gasteiger partial charge >= 0.3 is 0 Å². The number of fused-ring (bicyclic) bond motifs is 1. The molecule has 19 heavy (non-hydrogen) atoms. The van der Waals surface area contributed by atoms with Crippen LogP contribution < -0.4 is 0 Å². The van der Waals surface area contributed by atoms with E-state index in [9.17, 15) is 0 Å². The van der Waals surface area contributed by atoms with Crippen molar-refractivity contribution in [3.05, 3.63) is 44.5 Å². The average molecular weight is 403 g/mol. The van der Waals surface area contributed by atoms with Gasteiger partial charge in [-0.15, -0.1) is 0 Å². The third-order valence-corrected chi connectivity index (χ3v) is 3.65. The number of nitrogens with zero attached hydrogens (tertiary/aromatic N) is 4. The second-order valence-electron chi connectivity index (χ2n) is 3.68. The smallest absolute Gasteiger partial charge is 0.225 e. The highest BCUT2D eigenvalue weighted by Gasteiger charge is 2.13. The van der Waals surface area contributed by atoms with Crippen LogP contribution in [0.15, 0.2) is 30.3 Å². The summed E-state index contributed by atoms with van der Waals surface area (Å²) in [7, 11) is 0. The Labute approximate surface area is 132 Å². The molecule has 3 rings (SSSR count). The lowest BCUT2D eigenvalue weighted by Crippen LogP contribution is -1.98. The van der Waals surface area contributed by atoms with E-state index in [1.807, 2.05) is 30.3 Å². The first-order chi connectivity index (χ1) is 9.15. The van der Waals surface area contributed by atoms with Gasteiger partial charge in [-0.05, 0) is 34.2 Å². The Balaban J connectivity index is 2.31. The first-order valence-corrected chi connectivity index (χ1v) is 7.10. The van der Waals surface area contributed by atoms with E-state index in [0.717, 1.165) is 5.56 Å². The standard InChI is InChI=1S/C12H5Cl2IN4/c13-9-7(6-4-2-1-3-5-6)16-8-10(15)18-12(14)19-11(8)17-9/h1-5H. The van der Waals surface area contributed by atoms with Crippen LogP contribution in [-0.2, 0) is 0 Å². The molecule has 0 aliphatic rings. The number of hydrogen-bond acceptors (Lipinski definition) is 4. The molecule has 4 nitrogen and oxygen atoms in total. The SMILES string of the molecule is Clc1nc(I)c2nc(-c3ccccc3)c(Cl)nc2n1. The molecule has 0 amide bonds. The molecule has 0 atom stereocenters. The van der Waals surface area contributed by atoms with Crippen molar-refractivity contribution in [2.75, 3.05) is 0 Å². The summed E-state index contributed by atoms with van der Waals surface area (Å²) in [4.78, 5) is 16.8. The Morgan fingerprint density at radius 2 is 1.63 bits per heavy atom. The van der Waals surface area contributed by atoms with E-state index in [-0.39, 0.29) is 5.28 Å². The first-order valence-electron chi connectivity index (χ1n) is 5.27. The minimum absolute atomic E-state index is 0.134. The summed E-state index contributed by atoms with van der Waals surface area (Å²) >= 11 is 14.0. The molecule has 3 aromatic rings. The van der Waals surface area contributed by atoms with Crippen LogP contribution in [0.3, 0.4) is 0 Å². The zero-order valence-electron chi connectivity index (χ0n) is 9.31. The van der Waals surface area contributed by atoms with Crippen molar-refractivity contribution in [3.63, 3.8) is 0 Å². The van der Waals surface area contributed by atoms with Crippen LogP contribution in [-0.4, -0.2) is 19.9 Å². The Kier molecular flexibility index (Phi) is 3.51. The van der Waals surface area contributed by atoms with Gasteiger partial charge in [-0.1, -0.05) is 41.9 Å². The fourth-order valence-corrected chi connectivity index (χ4v) is 2.78. The third-order valence-electron chi connectivity index (χ3n) is 2.47. The molecule has 0 bridgehead atoms. The monoisotopic (exact) mass is 402 g/mol. The molecule has 0 N–H and O–H groups in total. The first kappa shape index (κ1) is 13.0. The van der Waals surface area contributed by atoms with E-state index in [1.165, 1.54) is 0 Å². The molecule has 7 heteroatoms. The normalized spacial score (nSPS) is 10.9. The zero-order chi connectivity index (χ0) is 13.4. The third kappa shape index (κ3) is 2.50. The lowest BCUT2D eigenvalue weighted by atomic mass is 10.2. The molecule has 1 aromatic carbocycles. The van der Waals surface area contributed by atoms with E-state index in [2.05, 4.69) is 42.5 Å². The molecule has 2 heterocycles. The number of aromatic nitrogens is 4. The van der Waals surface area contributed by atoms with E-state index < -0.39 is 0 Å². The van der Waals surface area contributed by atoms with Gasteiger partial charge in [0.2, 0.25) is 5.28 Å². The maximum absolute atomic E-state index is 6.16. The Morgan fingerprint density at radius 3 is 2.37 bits per heavy atom. The largest absolute Gasteiger partial charge is 0.238 e. The molecular weight excluding hydrogens is 398 g/mol. The maximum atomic E-state index is 6.16. The van der Waals surface area contributed by atoms with Crippen LogP contribution in [0.5, 0.6) is 0 Å². The van der Waals surface area contributed by atoms with Gasteiger partial charge in [0.1, 0.15) is 14.9 Å². The van der Waals surface area contributed by atoms with Crippen molar-refractivity contribution in [2.24, 2.45) is 0 Å². The molecule has 0 saturated heterocycles. The van der Waals surface area contributed by atoms with Crippen molar-refractivity contribution < 1.29 is 0 Å². The molecule has 2 aromatic heterocycles. The van der Waals surface area contributed by atoms with Gasteiger partial charge in [0, 0.05) is 5.56 Å². The molecule has 94 valence electrons. The highest BCUT2D eigenvalue weighted by Crippen LogP contribution is 2.27. The molecule has 0 aliphatic heterocycles. The van der Waals surface area contributed by atoms with Gasteiger partial charge in [-0.2, -0.15) is 4.98 Å². The minimum Gasteiger partial charge on any atom is -0.238 e. The lowest BCUT2D eigenvalue weighted by Gasteiger charge is -2.05. The van der Waals surface area contributed by atoms with E-state index >= 15 is 0 Å². The number of benzene rings is 1. The Morgan fingerprint density at radius 1 is 0.895 bits per heavy atom. The molecule has 0 spiro atoms. The molecule has 0 fully saturated rings. The van der Waals surface area contributed by atoms with Crippen molar-refractivity contribution >= 4 is 57.0 Å². The highest BCUT2D eigenvalue weighted by molar-refractivity contribution is 14.1. The predicted molar refractivity (Wildman–Crippen MR) is 83.3 cm³/mol. The quantitative estimate of drug-likeness (QED) is 0.350. The molecule has 0 aliphatic carbocycles. The van der Waals surface area contributed by atoms with Crippen LogP contribution in [0, 0.1) is 3.70 Å². The van der Waals surface area contributed by atoms with Gasteiger partial charge in [0.25, 0.3) is 0 Å². The van der Waals surface area contributed by atoms with Crippen molar-refractivity contribution in [3.8, 4) is 11.3 Å². The van der Waals surface area contributed by atoms with E-state index in [4.69, 9.17) is 23.2 Å². The predicted octanol–water partition coefficient (Wildman–Crippen LogP) is 4.00. The maximum Gasteiger partial charge on any atom is 0.225 e. The topological polar surface area (TPSA) is 51.6 Å². The number of rotatable bonds is 1. The van der Waals surface area contributed by atoms with E-state index in [0.29, 0.717) is 25.7 Å². The van der Waals surface area contributed by atoms with Crippen molar-refractivity contribution in [2.45, 2.75) is 0 Å². The van der Waals surface area contributed by atoms with Gasteiger partial charge in [-0.25, -0.2) is 15.0 Å². The molecule has 0 radical (unpaired) electrons. The average Bonchev–Trinajstić information content (AvgIpc) is 2.38. The van der Waals surface area contributed by atoms with Crippen molar-refractivity contribution in [1.82, 2.24) is 19.9 Å². The summed E-state index contributed by atoms with van der Waals surface area (Å²) in [5.41, 5.74) is 2.49. The summed E-state index contributed by atoms with van der Waals surface area (Å²) < 4.78 is 0.647. The van der Waals surface area contributed by atoms with Crippen LogP contribution in [0.4, 0.5) is 0 Å². The summed E-state index contributed by atoms with van der Waals surface area (Å²) in [5, 5.41) is 0.430. The fourth-order valence-electron chi connectivity index (χ4n) is 1.65. The zero-order valence-corrected chi connectivity index (χ0v) is 13.0. The number of hydrogen-bond donors (Lipinski definition) is 0. The fraction of sp³-hybridized carbons (Fsp3) is 0. The van der Waals surface area contributed by atoms with Gasteiger partial charge in [0.15, 0.2) is 10.8 Å². The minimum atomic E-state index is 0.134. The summed E-state index contributed by atoms with van der Waals surface area (Å²) in [5.74, 6) is 0. The second-order valence-corrected chi connectivity index (χ2v) is 5.40. The van der Waals surface area contributed by atoms with Gasteiger partial charge in [-0.3, -0.25) is 0 Å². The van der Waals surface area contributed by atoms with Gasteiger partial charge in [0.05, 0.1) is 0 Å². The molecule has 0 saturated carbocycles. The Bertz CT molecular complexity index is 765. The molecule has 0 unspecified atom stereocenters. The summed E-state index contributed by atoms with van der Waals surface area (Å²) in [6.45, 7) is 0. The van der Waals surface area contributed by atoms with Gasteiger partial charge < -0.3 is 0 Å². The highest BCUT2D eigenvalue weighted by atomic mass is 127. The van der Waals surface area contributed by atoms with E-state index in [1.54, 1.807) is 0 Å². The summed E-state index contributed by atoms with van der Waals surface area (Å²) in [6, 6.07) is 9.61. The lowest BCUT2D eigenvalue weighted by molar-refractivity contribution is 1.13.